The number of unbranched alkanes of at least 4 members (excludes halogenated alkanes) is 3. The van der Waals surface area contributed by atoms with E-state index in [4.69, 9.17) is 27.9 Å². The molecule has 0 heterocycles. The molecule has 106 valence electrons. The van der Waals surface area contributed by atoms with Crippen molar-refractivity contribution in [3.63, 3.8) is 0 Å². The van der Waals surface area contributed by atoms with E-state index >= 15 is 0 Å². The van der Waals surface area contributed by atoms with Gasteiger partial charge >= 0.3 is 5.69 Å². The Bertz CT molecular complexity index is 443. The first-order valence-corrected chi connectivity index (χ1v) is 7.32. The predicted octanol–water partition coefficient (Wildman–Crippen LogP) is 4.77. The van der Waals surface area contributed by atoms with Gasteiger partial charge in [0.25, 0.3) is 0 Å². The number of rotatable bonds is 8. The largest absolute Gasteiger partial charge is 0.487 e. The second kappa shape index (κ2) is 8.51. The van der Waals surface area contributed by atoms with Gasteiger partial charge < -0.3 is 4.74 Å². The van der Waals surface area contributed by atoms with Crippen LogP contribution >= 0.6 is 35.8 Å². The van der Waals surface area contributed by atoms with Crippen LogP contribution in [0.2, 0.25) is 10.0 Å². The van der Waals surface area contributed by atoms with Gasteiger partial charge in [-0.1, -0.05) is 36.0 Å². The summed E-state index contributed by atoms with van der Waals surface area (Å²) in [4.78, 5) is 10.3. The van der Waals surface area contributed by atoms with Crippen LogP contribution in [-0.4, -0.2) is 17.3 Å². The van der Waals surface area contributed by atoms with E-state index < -0.39 is 4.92 Å². The number of thiol groups is 1. The van der Waals surface area contributed by atoms with Gasteiger partial charge in [0.2, 0.25) is 0 Å². The molecule has 0 amide bonds. The van der Waals surface area contributed by atoms with Crippen LogP contribution in [0.1, 0.15) is 25.7 Å². The van der Waals surface area contributed by atoms with Crippen molar-refractivity contribution in [1.82, 2.24) is 0 Å². The molecule has 1 rings (SSSR count). The van der Waals surface area contributed by atoms with Gasteiger partial charge in [0.1, 0.15) is 0 Å². The van der Waals surface area contributed by atoms with Crippen molar-refractivity contribution in [3.05, 3.63) is 32.3 Å². The summed E-state index contributed by atoms with van der Waals surface area (Å²) < 4.78 is 5.41. The third-order valence-electron chi connectivity index (χ3n) is 2.51. The maximum Gasteiger partial charge on any atom is 0.312 e. The van der Waals surface area contributed by atoms with Crippen LogP contribution in [0.25, 0.3) is 0 Å². The Morgan fingerprint density at radius 2 is 1.79 bits per heavy atom. The van der Waals surface area contributed by atoms with Crippen molar-refractivity contribution in [1.29, 1.82) is 0 Å². The summed E-state index contributed by atoms with van der Waals surface area (Å²) >= 11 is 15.7. The first-order chi connectivity index (χ1) is 9.06. The highest BCUT2D eigenvalue weighted by Gasteiger charge is 2.18. The van der Waals surface area contributed by atoms with Gasteiger partial charge in [0.05, 0.1) is 21.6 Å². The van der Waals surface area contributed by atoms with Gasteiger partial charge in [-0.05, 0) is 18.6 Å². The maximum atomic E-state index is 10.9. The Morgan fingerprint density at radius 1 is 1.16 bits per heavy atom. The molecular weight excluding hydrogens is 309 g/mol. The lowest BCUT2D eigenvalue weighted by atomic mass is 10.2. The minimum absolute atomic E-state index is 0.148. The van der Waals surface area contributed by atoms with Gasteiger partial charge in [0, 0.05) is 12.1 Å². The fourth-order valence-corrected chi connectivity index (χ4v) is 2.06. The lowest BCUT2D eigenvalue weighted by Gasteiger charge is -2.08. The number of nitro groups is 1. The SMILES string of the molecule is O=[N+]([O-])c1cc(Cl)c(Cl)cc1OCCCCCCS. The van der Waals surface area contributed by atoms with Gasteiger partial charge in [0.15, 0.2) is 5.75 Å². The molecule has 0 aliphatic heterocycles. The molecule has 0 atom stereocenters. The number of ether oxygens (including phenoxy) is 1. The van der Waals surface area contributed by atoms with Crippen LogP contribution in [0.3, 0.4) is 0 Å². The Labute approximate surface area is 127 Å². The summed E-state index contributed by atoms with van der Waals surface area (Å²) in [5.74, 6) is 1.03. The minimum Gasteiger partial charge on any atom is -0.487 e. The van der Waals surface area contributed by atoms with Crippen LogP contribution in [-0.2, 0) is 0 Å². The van der Waals surface area contributed by atoms with Gasteiger partial charge in [-0.25, -0.2) is 0 Å². The smallest absolute Gasteiger partial charge is 0.312 e. The standard InChI is InChI=1S/C12H15Cl2NO3S/c13-9-7-11(15(16)17)12(8-10(9)14)18-5-3-1-2-4-6-19/h7-8,19H,1-6H2. The number of nitrogens with zero attached hydrogens (tertiary/aromatic N) is 1. The summed E-state index contributed by atoms with van der Waals surface area (Å²) in [5, 5.41) is 11.3. The highest BCUT2D eigenvalue weighted by molar-refractivity contribution is 7.80. The van der Waals surface area contributed by atoms with E-state index in [1.807, 2.05) is 0 Å². The molecule has 0 fully saturated rings. The number of hydrogen-bond acceptors (Lipinski definition) is 4. The summed E-state index contributed by atoms with van der Waals surface area (Å²) in [6.07, 6.45) is 3.99. The van der Waals surface area contributed by atoms with Crippen molar-refractivity contribution < 1.29 is 9.66 Å². The van der Waals surface area contributed by atoms with Crippen molar-refractivity contribution >= 4 is 41.5 Å². The first-order valence-electron chi connectivity index (χ1n) is 5.93. The fraction of sp³-hybridized carbons (Fsp3) is 0.500. The van der Waals surface area contributed by atoms with E-state index in [9.17, 15) is 10.1 Å². The molecule has 1 aromatic rings. The molecule has 0 aliphatic rings. The van der Waals surface area contributed by atoms with Crippen molar-refractivity contribution in [2.75, 3.05) is 12.4 Å². The zero-order valence-electron chi connectivity index (χ0n) is 10.3. The minimum atomic E-state index is -0.529. The molecule has 0 radical (unpaired) electrons. The number of benzene rings is 1. The molecule has 0 aromatic heterocycles. The van der Waals surface area contributed by atoms with E-state index in [0.29, 0.717) is 6.61 Å². The highest BCUT2D eigenvalue weighted by Crippen LogP contribution is 2.35. The lowest BCUT2D eigenvalue weighted by molar-refractivity contribution is -0.385. The van der Waals surface area contributed by atoms with E-state index in [-0.39, 0.29) is 21.5 Å². The highest BCUT2D eigenvalue weighted by atomic mass is 35.5. The average molecular weight is 324 g/mol. The molecule has 0 spiro atoms. The number of hydrogen-bond donors (Lipinski definition) is 1. The molecular formula is C12H15Cl2NO3S. The predicted molar refractivity (Wildman–Crippen MR) is 80.9 cm³/mol. The van der Waals surface area contributed by atoms with Crippen molar-refractivity contribution in [2.24, 2.45) is 0 Å². The first kappa shape index (κ1) is 16.4. The van der Waals surface area contributed by atoms with Crippen molar-refractivity contribution in [3.8, 4) is 5.75 Å². The number of halogens is 2. The van der Waals surface area contributed by atoms with Crippen LogP contribution in [0, 0.1) is 10.1 Å². The molecule has 4 nitrogen and oxygen atoms in total. The fourth-order valence-electron chi connectivity index (χ4n) is 1.53. The van der Waals surface area contributed by atoms with Gasteiger partial charge in [-0.2, -0.15) is 12.6 Å². The molecule has 19 heavy (non-hydrogen) atoms. The molecule has 0 saturated heterocycles. The molecule has 0 saturated carbocycles. The molecule has 7 heteroatoms. The van der Waals surface area contributed by atoms with E-state index in [1.54, 1.807) is 0 Å². The van der Waals surface area contributed by atoms with Gasteiger partial charge in [-0.3, -0.25) is 10.1 Å². The molecule has 0 bridgehead atoms. The Hall–Kier alpha value is -0.650. The van der Waals surface area contributed by atoms with Crippen molar-refractivity contribution in [2.45, 2.75) is 25.7 Å². The van der Waals surface area contributed by atoms with Crippen LogP contribution < -0.4 is 4.74 Å². The second-order valence-electron chi connectivity index (χ2n) is 3.98. The second-order valence-corrected chi connectivity index (χ2v) is 5.24. The van der Waals surface area contributed by atoms with Crippen LogP contribution in [0.4, 0.5) is 5.69 Å². The monoisotopic (exact) mass is 323 g/mol. The molecule has 1 aromatic carbocycles. The zero-order valence-corrected chi connectivity index (χ0v) is 12.7. The summed E-state index contributed by atoms with van der Waals surface area (Å²) in [6.45, 7) is 0.422. The summed E-state index contributed by atoms with van der Waals surface area (Å²) in [6, 6.07) is 2.59. The molecule has 0 unspecified atom stereocenters. The van der Waals surface area contributed by atoms with E-state index in [1.165, 1.54) is 12.1 Å². The van der Waals surface area contributed by atoms with Crippen LogP contribution in [0.15, 0.2) is 12.1 Å². The third kappa shape index (κ3) is 5.47. The average Bonchev–Trinajstić information content (AvgIpc) is 2.37. The maximum absolute atomic E-state index is 10.9. The summed E-state index contributed by atoms with van der Waals surface area (Å²) in [7, 11) is 0. The number of nitro benzene ring substituents is 1. The quantitative estimate of drug-likeness (QED) is 0.324. The molecule has 0 aliphatic carbocycles. The lowest BCUT2D eigenvalue weighted by Crippen LogP contribution is -2.01. The van der Waals surface area contributed by atoms with Gasteiger partial charge in [-0.15, -0.1) is 0 Å². The summed E-state index contributed by atoms with van der Waals surface area (Å²) in [5.41, 5.74) is -0.162. The van der Waals surface area contributed by atoms with E-state index in [0.717, 1.165) is 31.4 Å². The van der Waals surface area contributed by atoms with E-state index in [2.05, 4.69) is 12.6 Å². The zero-order chi connectivity index (χ0) is 14.3. The Balaban J connectivity index is 2.57. The molecule has 0 N–H and O–H groups in total. The third-order valence-corrected chi connectivity index (χ3v) is 3.55. The Morgan fingerprint density at radius 3 is 2.42 bits per heavy atom. The Kier molecular flexibility index (Phi) is 7.34. The normalized spacial score (nSPS) is 10.5. The topological polar surface area (TPSA) is 52.4 Å². The van der Waals surface area contributed by atoms with Crippen LogP contribution in [0.5, 0.6) is 5.75 Å².